The first-order valence-corrected chi connectivity index (χ1v) is 7.08. The molecule has 0 aromatic carbocycles. The van der Waals surface area contributed by atoms with Crippen LogP contribution in [0.2, 0.25) is 0 Å². The quantitative estimate of drug-likeness (QED) is 0.837. The Balaban J connectivity index is 1.55. The summed E-state index contributed by atoms with van der Waals surface area (Å²) in [5, 5.41) is 7.61. The van der Waals surface area contributed by atoms with E-state index in [-0.39, 0.29) is 0 Å². The topological polar surface area (TPSA) is 64.9 Å². The minimum absolute atomic E-state index is 0.497. The average Bonchev–Trinajstić information content (AvgIpc) is 3.19. The second kappa shape index (κ2) is 6.00. The van der Waals surface area contributed by atoms with Crippen molar-refractivity contribution in [3.63, 3.8) is 0 Å². The Morgan fingerprint density at radius 1 is 1.30 bits per heavy atom. The maximum Gasteiger partial charge on any atom is 0.238 e. The molecule has 2 heterocycles. The lowest BCUT2D eigenvalue weighted by Gasteiger charge is -2.04. The number of hydrogen-bond acceptors (Lipinski definition) is 5. The molecule has 1 saturated carbocycles. The molecule has 0 unspecified atom stereocenters. The Morgan fingerprint density at radius 2 is 2.20 bits per heavy atom. The zero-order chi connectivity index (χ0) is 13.8. The van der Waals surface area contributed by atoms with Crippen LogP contribution in [0, 0.1) is 0 Å². The van der Waals surface area contributed by atoms with Gasteiger partial charge in [0.2, 0.25) is 5.88 Å². The van der Waals surface area contributed by atoms with Crippen molar-refractivity contribution < 1.29 is 4.74 Å². The molecule has 0 bridgehead atoms. The average molecular weight is 273 g/mol. The van der Waals surface area contributed by atoms with E-state index >= 15 is 0 Å². The number of hydrogen-bond donors (Lipinski definition) is 1. The third kappa shape index (κ3) is 3.54. The van der Waals surface area contributed by atoms with E-state index in [1.165, 1.54) is 12.8 Å². The van der Waals surface area contributed by atoms with Gasteiger partial charge in [-0.1, -0.05) is 6.92 Å². The van der Waals surface area contributed by atoms with Crippen LogP contribution in [0.25, 0.3) is 0 Å². The molecule has 0 amide bonds. The minimum atomic E-state index is 0.497. The van der Waals surface area contributed by atoms with Crippen molar-refractivity contribution in [3.8, 4) is 11.6 Å². The maximum absolute atomic E-state index is 5.62. The van der Waals surface area contributed by atoms with E-state index in [9.17, 15) is 0 Å². The van der Waals surface area contributed by atoms with E-state index in [1.54, 1.807) is 18.6 Å². The van der Waals surface area contributed by atoms with Gasteiger partial charge >= 0.3 is 0 Å². The van der Waals surface area contributed by atoms with Crippen LogP contribution in [0.1, 0.15) is 31.9 Å². The molecule has 0 radical (unpaired) electrons. The molecular formula is C14H19N5O. The van der Waals surface area contributed by atoms with Crippen molar-refractivity contribution in [3.05, 3.63) is 30.5 Å². The molecule has 0 aliphatic heterocycles. The van der Waals surface area contributed by atoms with E-state index in [1.807, 2.05) is 10.9 Å². The number of aryl methyl sites for hydroxylation is 1. The Kier molecular flexibility index (Phi) is 3.92. The van der Waals surface area contributed by atoms with Crippen LogP contribution in [0.4, 0.5) is 0 Å². The molecule has 1 aliphatic carbocycles. The standard InChI is InChI=1S/C14H19N5O/c1-2-5-19-10-13(8-18-19)20-14-9-16-12(7-17-14)6-15-11-3-4-11/h7-11,15H,2-6H2,1H3. The van der Waals surface area contributed by atoms with E-state index in [4.69, 9.17) is 4.74 Å². The van der Waals surface area contributed by atoms with Gasteiger partial charge in [0.05, 0.1) is 30.5 Å². The molecule has 6 heteroatoms. The van der Waals surface area contributed by atoms with Gasteiger partial charge in [0.15, 0.2) is 5.75 Å². The van der Waals surface area contributed by atoms with Gasteiger partial charge in [-0.2, -0.15) is 5.10 Å². The summed E-state index contributed by atoms with van der Waals surface area (Å²) < 4.78 is 7.48. The number of ether oxygens (including phenoxy) is 1. The molecular weight excluding hydrogens is 254 g/mol. The third-order valence-corrected chi connectivity index (χ3v) is 3.12. The maximum atomic E-state index is 5.62. The van der Waals surface area contributed by atoms with Crippen LogP contribution >= 0.6 is 0 Å². The normalized spacial score (nSPS) is 14.4. The predicted octanol–water partition coefficient (Wildman–Crippen LogP) is 2.13. The van der Waals surface area contributed by atoms with Gasteiger partial charge in [0.1, 0.15) is 0 Å². The van der Waals surface area contributed by atoms with Crippen molar-refractivity contribution in [2.24, 2.45) is 0 Å². The zero-order valence-corrected chi connectivity index (χ0v) is 11.6. The Hall–Kier alpha value is -1.95. The summed E-state index contributed by atoms with van der Waals surface area (Å²) in [5.41, 5.74) is 0.936. The number of aromatic nitrogens is 4. The van der Waals surface area contributed by atoms with Gasteiger partial charge in [0.25, 0.3) is 0 Å². The fourth-order valence-corrected chi connectivity index (χ4v) is 1.89. The fraction of sp³-hybridized carbons (Fsp3) is 0.500. The summed E-state index contributed by atoms with van der Waals surface area (Å²) in [6.07, 6.45) is 10.6. The van der Waals surface area contributed by atoms with Crippen LogP contribution in [0.15, 0.2) is 24.8 Å². The summed E-state index contributed by atoms with van der Waals surface area (Å²) in [5.74, 6) is 1.19. The van der Waals surface area contributed by atoms with Crippen LogP contribution < -0.4 is 10.1 Å². The molecule has 2 aromatic heterocycles. The Labute approximate surface area is 118 Å². The first kappa shape index (κ1) is 13.1. The van der Waals surface area contributed by atoms with Gasteiger partial charge in [-0.3, -0.25) is 9.67 Å². The Bertz CT molecular complexity index is 547. The van der Waals surface area contributed by atoms with Crippen LogP contribution in [-0.2, 0) is 13.1 Å². The van der Waals surface area contributed by atoms with Gasteiger partial charge in [-0.15, -0.1) is 0 Å². The third-order valence-electron chi connectivity index (χ3n) is 3.12. The molecule has 2 aromatic rings. The van der Waals surface area contributed by atoms with Crippen molar-refractivity contribution >= 4 is 0 Å². The SMILES string of the molecule is CCCn1cc(Oc2cnc(CNC3CC3)cn2)cn1. The summed E-state index contributed by atoms with van der Waals surface area (Å²) in [6.45, 7) is 3.77. The second-order valence-electron chi connectivity index (χ2n) is 5.04. The van der Waals surface area contributed by atoms with Crippen molar-refractivity contribution in [2.45, 2.75) is 45.3 Å². The van der Waals surface area contributed by atoms with Gasteiger partial charge in [0, 0.05) is 19.1 Å². The van der Waals surface area contributed by atoms with Gasteiger partial charge in [-0.05, 0) is 19.3 Å². The van der Waals surface area contributed by atoms with Crippen molar-refractivity contribution in [1.82, 2.24) is 25.1 Å². The molecule has 1 aliphatic rings. The van der Waals surface area contributed by atoms with Crippen LogP contribution in [0.3, 0.4) is 0 Å². The highest BCUT2D eigenvalue weighted by atomic mass is 16.5. The number of nitrogens with zero attached hydrogens (tertiary/aromatic N) is 4. The number of rotatable bonds is 7. The van der Waals surface area contributed by atoms with Gasteiger partial charge < -0.3 is 10.1 Å². The van der Waals surface area contributed by atoms with E-state index in [0.29, 0.717) is 17.7 Å². The monoisotopic (exact) mass is 273 g/mol. The molecule has 20 heavy (non-hydrogen) atoms. The predicted molar refractivity (Wildman–Crippen MR) is 74.5 cm³/mol. The lowest BCUT2D eigenvalue weighted by atomic mass is 10.4. The highest BCUT2D eigenvalue weighted by Gasteiger charge is 2.20. The van der Waals surface area contributed by atoms with Gasteiger partial charge in [-0.25, -0.2) is 4.98 Å². The van der Waals surface area contributed by atoms with Crippen molar-refractivity contribution in [1.29, 1.82) is 0 Å². The summed E-state index contributed by atoms with van der Waals surface area (Å²) in [4.78, 5) is 8.61. The molecule has 0 atom stereocenters. The first-order valence-electron chi connectivity index (χ1n) is 7.08. The first-order chi connectivity index (χ1) is 9.83. The smallest absolute Gasteiger partial charge is 0.238 e. The largest absolute Gasteiger partial charge is 0.434 e. The Morgan fingerprint density at radius 3 is 2.90 bits per heavy atom. The van der Waals surface area contributed by atoms with Crippen LogP contribution in [-0.4, -0.2) is 25.8 Å². The summed E-state index contributed by atoms with van der Waals surface area (Å²) >= 11 is 0. The van der Waals surface area contributed by atoms with Crippen molar-refractivity contribution in [2.75, 3.05) is 0 Å². The molecule has 0 saturated heterocycles. The molecule has 1 N–H and O–H groups in total. The molecule has 106 valence electrons. The fourth-order valence-electron chi connectivity index (χ4n) is 1.89. The summed E-state index contributed by atoms with van der Waals surface area (Å²) in [6, 6.07) is 0.678. The van der Waals surface area contributed by atoms with E-state index in [2.05, 4.69) is 27.3 Å². The van der Waals surface area contributed by atoms with Crippen LogP contribution in [0.5, 0.6) is 11.6 Å². The molecule has 6 nitrogen and oxygen atoms in total. The molecule has 1 fully saturated rings. The lowest BCUT2D eigenvalue weighted by Crippen LogP contribution is -2.16. The van der Waals surface area contributed by atoms with E-state index in [0.717, 1.165) is 25.2 Å². The zero-order valence-electron chi connectivity index (χ0n) is 11.6. The molecule has 3 rings (SSSR count). The molecule has 0 spiro atoms. The highest BCUT2D eigenvalue weighted by Crippen LogP contribution is 2.20. The second-order valence-corrected chi connectivity index (χ2v) is 5.04. The van der Waals surface area contributed by atoms with E-state index < -0.39 is 0 Å². The lowest BCUT2D eigenvalue weighted by molar-refractivity contribution is 0.457. The minimum Gasteiger partial charge on any atom is -0.434 e. The summed E-state index contributed by atoms with van der Waals surface area (Å²) in [7, 11) is 0. The number of nitrogens with one attached hydrogen (secondary N) is 1. The highest BCUT2D eigenvalue weighted by molar-refractivity contribution is 5.20.